The first kappa shape index (κ1) is 17.5. The van der Waals surface area contributed by atoms with E-state index in [-0.39, 0.29) is 37.3 Å². The van der Waals surface area contributed by atoms with Gasteiger partial charge in [-0.1, -0.05) is 6.07 Å². The lowest BCUT2D eigenvalue weighted by Crippen LogP contribution is -2.41. The van der Waals surface area contributed by atoms with Gasteiger partial charge in [0.25, 0.3) is 0 Å². The van der Waals surface area contributed by atoms with Crippen LogP contribution in [0.5, 0.6) is 11.5 Å². The van der Waals surface area contributed by atoms with Crippen LogP contribution in [0.2, 0.25) is 0 Å². The summed E-state index contributed by atoms with van der Waals surface area (Å²) in [6.45, 7) is 1.31. The van der Waals surface area contributed by atoms with Gasteiger partial charge in [-0.3, -0.25) is 14.5 Å². The second kappa shape index (κ2) is 7.71. The van der Waals surface area contributed by atoms with Crippen molar-refractivity contribution < 1.29 is 23.8 Å². The van der Waals surface area contributed by atoms with Gasteiger partial charge < -0.3 is 24.8 Å². The number of likely N-dealkylation sites (tertiary alicyclic amines) is 1. The molecule has 0 saturated carbocycles. The summed E-state index contributed by atoms with van der Waals surface area (Å²) in [4.78, 5) is 26.0. The number of hydrogen-bond acceptors (Lipinski definition) is 6. The van der Waals surface area contributed by atoms with E-state index < -0.39 is 0 Å². The van der Waals surface area contributed by atoms with Crippen LogP contribution in [0.3, 0.4) is 0 Å². The summed E-state index contributed by atoms with van der Waals surface area (Å²) in [7, 11) is 3.36. The molecule has 136 valence electrons. The molecular formula is C17H23N3O5. The summed E-state index contributed by atoms with van der Waals surface area (Å²) in [5.74, 6) is 1.21. The molecule has 8 heteroatoms. The number of fused-ring (bicyclic) bond motifs is 1. The lowest BCUT2D eigenvalue weighted by atomic mass is 10.1. The van der Waals surface area contributed by atoms with E-state index >= 15 is 0 Å². The van der Waals surface area contributed by atoms with E-state index in [0.29, 0.717) is 25.3 Å². The second-order valence-corrected chi connectivity index (χ2v) is 6.29. The number of likely N-dealkylation sites (N-methyl/N-ethyl adjacent to an activating group) is 1. The highest BCUT2D eigenvalue weighted by Gasteiger charge is 2.35. The minimum Gasteiger partial charge on any atom is -0.454 e. The van der Waals surface area contributed by atoms with Gasteiger partial charge in [0.2, 0.25) is 18.6 Å². The number of methoxy groups -OCH3 is 1. The number of carbonyl (C=O) groups excluding carboxylic acids is 2. The Morgan fingerprint density at radius 3 is 2.92 bits per heavy atom. The number of rotatable bonds is 6. The quantitative estimate of drug-likeness (QED) is 0.744. The average molecular weight is 349 g/mol. The molecule has 0 unspecified atom stereocenters. The smallest absolute Gasteiger partial charge is 0.246 e. The topological polar surface area (TPSA) is 89.1 Å². The fourth-order valence-corrected chi connectivity index (χ4v) is 3.17. The van der Waals surface area contributed by atoms with E-state index in [1.54, 1.807) is 0 Å². The van der Waals surface area contributed by atoms with Gasteiger partial charge in [-0.25, -0.2) is 0 Å². The fourth-order valence-electron chi connectivity index (χ4n) is 3.17. The molecule has 1 saturated heterocycles. The molecule has 2 aliphatic rings. The Morgan fingerprint density at radius 2 is 2.12 bits per heavy atom. The summed E-state index contributed by atoms with van der Waals surface area (Å²) in [6.07, 6.45) is 0.582. The summed E-state index contributed by atoms with van der Waals surface area (Å²) in [6, 6.07) is 5.30. The standard InChI is InChI=1S/C17H23N3O5/c1-20-8-12(19-16(21)9-23-2)6-13(20)17(22)18-7-11-3-4-14-15(5-11)25-10-24-14/h3-5,12-13H,6-10H2,1-2H3,(H,18,22)(H,19,21)/t12-,13-/m0/s1. The van der Waals surface area contributed by atoms with Gasteiger partial charge in [-0.05, 0) is 31.2 Å². The molecule has 0 spiro atoms. The van der Waals surface area contributed by atoms with Crippen molar-refractivity contribution >= 4 is 11.8 Å². The summed E-state index contributed by atoms with van der Waals surface area (Å²) < 4.78 is 15.4. The highest BCUT2D eigenvalue weighted by Crippen LogP contribution is 2.32. The normalized spacial score (nSPS) is 22.0. The van der Waals surface area contributed by atoms with Gasteiger partial charge in [0.05, 0.1) is 6.04 Å². The number of carbonyl (C=O) groups is 2. The largest absolute Gasteiger partial charge is 0.454 e. The van der Waals surface area contributed by atoms with Crippen LogP contribution in [0.1, 0.15) is 12.0 Å². The van der Waals surface area contributed by atoms with Crippen LogP contribution in [0.15, 0.2) is 18.2 Å². The van der Waals surface area contributed by atoms with Crippen LogP contribution in [0, 0.1) is 0 Å². The summed E-state index contributed by atoms with van der Waals surface area (Å²) >= 11 is 0. The fraction of sp³-hybridized carbons (Fsp3) is 0.529. The molecule has 2 aliphatic heterocycles. The van der Waals surface area contributed by atoms with Crippen molar-refractivity contribution in [3.05, 3.63) is 23.8 Å². The SMILES string of the molecule is COCC(=O)N[C@H]1C[C@@H](C(=O)NCc2ccc3c(c2)OCO3)N(C)C1. The Balaban J connectivity index is 1.50. The molecule has 2 amide bonds. The zero-order valence-electron chi connectivity index (χ0n) is 14.4. The van der Waals surface area contributed by atoms with Crippen LogP contribution in [-0.4, -0.2) is 62.9 Å². The van der Waals surface area contributed by atoms with Crippen molar-refractivity contribution in [2.45, 2.75) is 25.0 Å². The highest BCUT2D eigenvalue weighted by molar-refractivity contribution is 5.82. The number of ether oxygens (including phenoxy) is 3. The van der Waals surface area contributed by atoms with Crippen molar-refractivity contribution in [3.63, 3.8) is 0 Å². The van der Waals surface area contributed by atoms with Gasteiger partial charge in [-0.2, -0.15) is 0 Å². The Morgan fingerprint density at radius 1 is 1.32 bits per heavy atom. The number of benzene rings is 1. The van der Waals surface area contributed by atoms with Gasteiger partial charge in [-0.15, -0.1) is 0 Å². The molecule has 1 aromatic carbocycles. The summed E-state index contributed by atoms with van der Waals surface area (Å²) in [5.41, 5.74) is 0.947. The molecule has 0 aromatic heterocycles. The first-order valence-corrected chi connectivity index (χ1v) is 8.21. The van der Waals surface area contributed by atoms with Crippen molar-refractivity contribution in [2.75, 3.05) is 34.1 Å². The predicted molar refractivity (Wildman–Crippen MR) is 89.3 cm³/mol. The van der Waals surface area contributed by atoms with Crippen LogP contribution < -0.4 is 20.1 Å². The van der Waals surface area contributed by atoms with Crippen LogP contribution in [0.4, 0.5) is 0 Å². The van der Waals surface area contributed by atoms with E-state index in [1.165, 1.54) is 7.11 Å². The van der Waals surface area contributed by atoms with Crippen molar-refractivity contribution in [1.29, 1.82) is 0 Å². The van der Waals surface area contributed by atoms with E-state index in [0.717, 1.165) is 11.3 Å². The zero-order valence-corrected chi connectivity index (χ0v) is 14.4. The van der Waals surface area contributed by atoms with Crippen molar-refractivity contribution in [1.82, 2.24) is 15.5 Å². The monoisotopic (exact) mass is 349 g/mol. The van der Waals surface area contributed by atoms with Gasteiger partial charge in [0, 0.05) is 26.2 Å². The molecule has 25 heavy (non-hydrogen) atoms. The van der Waals surface area contributed by atoms with Gasteiger partial charge in [0.15, 0.2) is 11.5 Å². The summed E-state index contributed by atoms with van der Waals surface area (Å²) in [5, 5.41) is 5.83. The zero-order chi connectivity index (χ0) is 17.8. The number of hydrogen-bond donors (Lipinski definition) is 2. The Labute approximate surface area is 146 Å². The van der Waals surface area contributed by atoms with Gasteiger partial charge >= 0.3 is 0 Å². The number of nitrogens with zero attached hydrogens (tertiary/aromatic N) is 1. The lowest BCUT2D eigenvalue weighted by molar-refractivity contribution is -0.126. The minimum atomic E-state index is -0.262. The van der Waals surface area contributed by atoms with Crippen molar-refractivity contribution in [2.24, 2.45) is 0 Å². The van der Waals surface area contributed by atoms with E-state index in [9.17, 15) is 9.59 Å². The number of nitrogens with one attached hydrogen (secondary N) is 2. The molecular weight excluding hydrogens is 326 g/mol. The molecule has 0 radical (unpaired) electrons. The van der Waals surface area contributed by atoms with E-state index in [2.05, 4.69) is 10.6 Å². The lowest BCUT2D eigenvalue weighted by Gasteiger charge is -2.18. The molecule has 2 heterocycles. The third kappa shape index (κ3) is 4.21. The first-order chi connectivity index (χ1) is 12.1. The molecule has 1 aromatic rings. The van der Waals surface area contributed by atoms with E-state index in [4.69, 9.17) is 14.2 Å². The third-order valence-electron chi connectivity index (χ3n) is 4.40. The molecule has 1 fully saturated rings. The molecule has 2 atom stereocenters. The second-order valence-electron chi connectivity index (χ2n) is 6.29. The average Bonchev–Trinajstić information content (AvgIpc) is 3.18. The molecule has 2 N–H and O–H groups in total. The molecule has 0 bridgehead atoms. The van der Waals surface area contributed by atoms with Crippen LogP contribution in [-0.2, 0) is 20.9 Å². The molecule has 3 rings (SSSR count). The maximum Gasteiger partial charge on any atom is 0.246 e. The highest BCUT2D eigenvalue weighted by atomic mass is 16.7. The maximum atomic E-state index is 12.5. The van der Waals surface area contributed by atoms with Crippen LogP contribution in [0.25, 0.3) is 0 Å². The molecule has 8 nitrogen and oxygen atoms in total. The minimum absolute atomic E-state index is 0.0290. The Bertz CT molecular complexity index is 651. The number of amides is 2. The Kier molecular flexibility index (Phi) is 5.40. The first-order valence-electron chi connectivity index (χ1n) is 8.21. The van der Waals surface area contributed by atoms with Crippen LogP contribution >= 0.6 is 0 Å². The molecule has 0 aliphatic carbocycles. The predicted octanol–water partition coefficient (Wildman–Crippen LogP) is -0.133. The van der Waals surface area contributed by atoms with Crippen molar-refractivity contribution in [3.8, 4) is 11.5 Å². The van der Waals surface area contributed by atoms with Gasteiger partial charge in [0.1, 0.15) is 6.61 Å². The Hall–Kier alpha value is -2.32. The maximum absolute atomic E-state index is 12.5. The van der Waals surface area contributed by atoms with E-state index in [1.807, 2.05) is 30.1 Å². The third-order valence-corrected chi connectivity index (χ3v) is 4.40.